The Kier molecular flexibility index (Phi) is 9.20. The Balaban J connectivity index is 1.07. The Morgan fingerprint density at radius 2 is 0.703 bits per heavy atom. The largest absolute Gasteiger partial charge is 0.310 e. The number of anilines is 3. The summed E-state index contributed by atoms with van der Waals surface area (Å²) >= 11 is 0. The molecule has 300 valence electrons. The molecule has 2 heteroatoms. The van der Waals surface area contributed by atoms with Gasteiger partial charge >= 0.3 is 0 Å². The van der Waals surface area contributed by atoms with Gasteiger partial charge in [-0.3, -0.25) is 0 Å². The van der Waals surface area contributed by atoms with E-state index >= 15 is 0 Å². The molecule has 0 saturated carbocycles. The van der Waals surface area contributed by atoms with Crippen molar-refractivity contribution in [2.24, 2.45) is 0 Å². The second-order valence-corrected chi connectivity index (χ2v) is 16.5. The molecule has 0 amide bonds. The molecule has 0 atom stereocenters. The van der Waals surface area contributed by atoms with Gasteiger partial charge in [0, 0.05) is 33.4 Å². The van der Waals surface area contributed by atoms with Crippen molar-refractivity contribution in [2.45, 2.75) is 0 Å². The normalized spacial score (nSPS) is 11.4. The fourth-order valence-electron chi connectivity index (χ4n) is 9.82. The quantitative estimate of drug-likeness (QED) is 0.148. The number of hydrogen-bond donors (Lipinski definition) is 0. The third-order valence-electron chi connectivity index (χ3n) is 12.8. The first-order valence-corrected chi connectivity index (χ1v) is 22.0. The lowest BCUT2D eigenvalue weighted by atomic mass is 9.90. The van der Waals surface area contributed by atoms with Gasteiger partial charge in [0.2, 0.25) is 0 Å². The van der Waals surface area contributed by atoms with Crippen LogP contribution in [-0.2, 0) is 0 Å². The van der Waals surface area contributed by atoms with Crippen LogP contribution < -0.4 is 4.90 Å². The van der Waals surface area contributed by atoms with E-state index in [1.807, 2.05) is 0 Å². The molecular formula is C62H42N2. The zero-order valence-corrected chi connectivity index (χ0v) is 35.1. The van der Waals surface area contributed by atoms with Gasteiger partial charge < -0.3 is 9.47 Å². The van der Waals surface area contributed by atoms with Crippen LogP contribution in [0.2, 0.25) is 0 Å². The standard InChI is InChI=1S/C62H42N2/c1-2-16-43(17-3-1)44-32-36-48(37-33-44)63(49-38-34-47(35-39-49)52-27-14-20-45-18-4-6-22-51(45)52)50-40-41-55(59(42-50)54-28-15-21-46-19-5-7-23-53(46)54)56-24-8-11-29-60(56)64-61-30-12-9-25-57(61)58-26-10-13-31-62(58)64/h1-42H. The highest BCUT2D eigenvalue weighted by Gasteiger charge is 2.21. The maximum absolute atomic E-state index is 2.44. The number of aromatic nitrogens is 1. The maximum Gasteiger partial charge on any atom is 0.0541 e. The number of nitrogens with zero attached hydrogens (tertiary/aromatic N) is 2. The Bertz CT molecular complexity index is 3590. The van der Waals surface area contributed by atoms with Gasteiger partial charge in [0.05, 0.1) is 16.7 Å². The van der Waals surface area contributed by atoms with Crippen LogP contribution in [0.5, 0.6) is 0 Å². The Hall–Kier alpha value is -8.46. The number of benzene rings is 11. The molecule has 0 spiro atoms. The monoisotopic (exact) mass is 814 g/mol. The van der Waals surface area contributed by atoms with Gasteiger partial charge in [-0.2, -0.15) is 0 Å². The second kappa shape index (κ2) is 15.8. The molecule has 1 heterocycles. The van der Waals surface area contributed by atoms with E-state index in [2.05, 4.69) is 264 Å². The molecule has 2 nitrogen and oxygen atoms in total. The average Bonchev–Trinajstić information content (AvgIpc) is 3.71. The first kappa shape index (κ1) is 37.3. The summed E-state index contributed by atoms with van der Waals surface area (Å²) in [5, 5.41) is 7.42. The Morgan fingerprint density at radius 3 is 1.36 bits per heavy atom. The van der Waals surface area contributed by atoms with Crippen LogP contribution in [0.4, 0.5) is 17.1 Å². The Labute approximate surface area is 373 Å². The highest BCUT2D eigenvalue weighted by Crippen LogP contribution is 2.45. The molecule has 0 saturated heterocycles. The predicted molar refractivity (Wildman–Crippen MR) is 272 cm³/mol. The van der Waals surface area contributed by atoms with Crippen LogP contribution in [0.3, 0.4) is 0 Å². The minimum absolute atomic E-state index is 1.08. The van der Waals surface area contributed by atoms with Crippen molar-refractivity contribution >= 4 is 60.4 Å². The number of rotatable bonds is 8. The van der Waals surface area contributed by atoms with Crippen LogP contribution >= 0.6 is 0 Å². The van der Waals surface area contributed by atoms with Crippen molar-refractivity contribution in [3.05, 3.63) is 255 Å². The average molecular weight is 815 g/mol. The molecular weight excluding hydrogens is 773 g/mol. The van der Waals surface area contributed by atoms with Gasteiger partial charge in [-0.1, -0.05) is 200 Å². The molecule has 12 aromatic rings. The van der Waals surface area contributed by atoms with Crippen molar-refractivity contribution in [1.82, 2.24) is 4.57 Å². The third kappa shape index (κ3) is 6.44. The maximum atomic E-state index is 2.44. The molecule has 12 rings (SSSR count). The van der Waals surface area contributed by atoms with Gasteiger partial charge in [-0.05, 0) is 115 Å². The summed E-state index contributed by atoms with van der Waals surface area (Å²) in [6, 6.07) is 92.8. The van der Waals surface area contributed by atoms with E-state index in [-0.39, 0.29) is 0 Å². The first-order chi connectivity index (χ1) is 31.8. The van der Waals surface area contributed by atoms with Crippen molar-refractivity contribution in [2.75, 3.05) is 4.90 Å². The minimum Gasteiger partial charge on any atom is -0.310 e. The van der Waals surface area contributed by atoms with E-state index in [0.29, 0.717) is 0 Å². The van der Waals surface area contributed by atoms with Gasteiger partial charge in [-0.25, -0.2) is 0 Å². The summed E-state index contributed by atoms with van der Waals surface area (Å²) < 4.78 is 2.44. The summed E-state index contributed by atoms with van der Waals surface area (Å²) in [5.74, 6) is 0. The summed E-state index contributed by atoms with van der Waals surface area (Å²) in [4.78, 5) is 2.40. The lowest BCUT2D eigenvalue weighted by molar-refractivity contribution is 1.18. The molecule has 0 aliphatic heterocycles. The van der Waals surface area contributed by atoms with E-state index < -0.39 is 0 Å². The lowest BCUT2D eigenvalue weighted by Gasteiger charge is -2.28. The van der Waals surface area contributed by atoms with Crippen LogP contribution in [0, 0.1) is 0 Å². The molecule has 0 bridgehead atoms. The molecule has 0 unspecified atom stereocenters. The van der Waals surface area contributed by atoms with Crippen molar-refractivity contribution in [1.29, 1.82) is 0 Å². The zero-order valence-electron chi connectivity index (χ0n) is 35.1. The van der Waals surface area contributed by atoms with Gasteiger partial charge in [0.1, 0.15) is 0 Å². The topological polar surface area (TPSA) is 8.17 Å². The molecule has 1 aromatic heterocycles. The highest BCUT2D eigenvalue weighted by atomic mass is 15.1. The van der Waals surface area contributed by atoms with E-state index in [1.165, 1.54) is 87.9 Å². The van der Waals surface area contributed by atoms with Crippen molar-refractivity contribution in [3.8, 4) is 50.2 Å². The fraction of sp³-hybridized carbons (Fsp3) is 0. The molecule has 11 aromatic carbocycles. The van der Waals surface area contributed by atoms with Gasteiger partial charge in [0.25, 0.3) is 0 Å². The van der Waals surface area contributed by atoms with E-state index in [4.69, 9.17) is 0 Å². The first-order valence-electron chi connectivity index (χ1n) is 22.0. The summed E-state index contributed by atoms with van der Waals surface area (Å²) in [6.45, 7) is 0. The SMILES string of the molecule is c1ccc(-c2ccc(N(c3ccc(-c4cccc5ccccc45)cc3)c3ccc(-c4ccccc4-n4c5ccccc5c5ccccc54)c(-c4cccc5ccccc45)c3)cc2)cc1. The zero-order chi connectivity index (χ0) is 42.4. The molecule has 0 fully saturated rings. The highest BCUT2D eigenvalue weighted by molar-refractivity contribution is 6.10. The minimum atomic E-state index is 1.08. The molecule has 0 N–H and O–H groups in total. The smallest absolute Gasteiger partial charge is 0.0541 e. The van der Waals surface area contributed by atoms with Crippen LogP contribution in [0.15, 0.2) is 255 Å². The van der Waals surface area contributed by atoms with E-state index in [9.17, 15) is 0 Å². The van der Waals surface area contributed by atoms with Crippen LogP contribution in [-0.4, -0.2) is 4.57 Å². The summed E-state index contributed by atoms with van der Waals surface area (Å²) in [6.07, 6.45) is 0. The van der Waals surface area contributed by atoms with E-state index in [1.54, 1.807) is 0 Å². The summed E-state index contributed by atoms with van der Waals surface area (Å²) in [7, 11) is 0. The molecule has 0 aliphatic carbocycles. The van der Waals surface area contributed by atoms with Crippen molar-refractivity contribution in [3.63, 3.8) is 0 Å². The van der Waals surface area contributed by atoms with E-state index in [0.717, 1.165) is 22.7 Å². The predicted octanol–water partition coefficient (Wildman–Crippen LogP) is 17.2. The summed E-state index contributed by atoms with van der Waals surface area (Å²) in [5.41, 5.74) is 16.3. The van der Waals surface area contributed by atoms with Crippen LogP contribution in [0.1, 0.15) is 0 Å². The number of fused-ring (bicyclic) bond motifs is 5. The number of para-hydroxylation sites is 3. The fourth-order valence-corrected chi connectivity index (χ4v) is 9.82. The van der Waals surface area contributed by atoms with Crippen LogP contribution in [0.25, 0.3) is 93.5 Å². The molecule has 0 aliphatic rings. The van der Waals surface area contributed by atoms with Crippen molar-refractivity contribution < 1.29 is 0 Å². The lowest BCUT2D eigenvalue weighted by Crippen LogP contribution is -2.10. The third-order valence-corrected chi connectivity index (χ3v) is 12.8. The molecule has 0 radical (unpaired) electrons. The number of hydrogen-bond acceptors (Lipinski definition) is 1. The molecule has 64 heavy (non-hydrogen) atoms. The Morgan fingerprint density at radius 1 is 0.250 bits per heavy atom. The van der Waals surface area contributed by atoms with Gasteiger partial charge in [0.15, 0.2) is 0 Å². The second-order valence-electron chi connectivity index (χ2n) is 16.5. The van der Waals surface area contributed by atoms with Gasteiger partial charge in [-0.15, -0.1) is 0 Å².